The van der Waals surface area contributed by atoms with Gasteiger partial charge in [-0.3, -0.25) is 0 Å². The van der Waals surface area contributed by atoms with Crippen LogP contribution >= 0.6 is 23.2 Å². The third kappa shape index (κ3) is 3.39. The van der Waals surface area contributed by atoms with Gasteiger partial charge in [0.2, 0.25) is 10.0 Å². The van der Waals surface area contributed by atoms with Gasteiger partial charge in [-0.1, -0.05) is 23.2 Å². The van der Waals surface area contributed by atoms with Crippen LogP contribution in [0.25, 0.3) is 0 Å². The molecular weight excluding hydrogens is 399 g/mol. The first-order valence-electron chi connectivity index (χ1n) is 8.46. The molecule has 1 fully saturated rings. The van der Waals surface area contributed by atoms with Crippen LogP contribution in [0, 0.1) is 0 Å². The minimum atomic E-state index is -3.76. The van der Waals surface area contributed by atoms with Crippen LogP contribution in [0.4, 0.5) is 0 Å². The number of oxazole rings is 1. The van der Waals surface area contributed by atoms with E-state index in [-0.39, 0.29) is 22.4 Å². The lowest BCUT2D eigenvalue weighted by Crippen LogP contribution is -2.36. The van der Waals surface area contributed by atoms with E-state index in [9.17, 15) is 8.42 Å². The molecule has 0 spiro atoms. The minimum absolute atomic E-state index is 0.0169. The van der Waals surface area contributed by atoms with E-state index in [0.29, 0.717) is 42.8 Å². The maximum absolute atomic E-state index is 13.0. The molecule has 0 bridgehead atoms. The highest BCUT2D eigenvalue weighted by molar-refractivity contribution is 7.89. The zero-order valence-corrected chi connectivity index (χ0v) is 16.3. The van der Waals surface area contributed by atoms with Crippen molar-refractivity contribution in [3.8, 4) is 0 Å². The van der Waals surface area contributed by atoms with Gasteiger partial charge in [0.25, 0.3) is 0 Å². The molecule has 2 aliphatic rings. The molecule has 140 valence electrons. The molecule has 4 rings (SSSR count). The summed E-state index contributed by atoms with van der Waals surface area (Å²) in [6.07, 6.45) is 2.24. The van der Waals surface area contributed by atoms with Crippen LogP contribution in [-0.4, -0.2) is 37.5 Å². The first-order chi connectivity index (χ1) is 12.4. The van der Waals surface area contributed by atoms with Crippen molar-refractivity contribution < 1.29 is 17.6 Å². The molecule has 3 heterocycles. The van der Waals surface area contributed by atoms with Gasteiger partial charge < -0.3 is 9.15 Å². The smallest absolute Gasteiger partial charge is 0.244 e. The van der Waals surface area contributed by atoms with Crippen molar-refractivity contribution in [1.82, 2.24) is 9.29 Å². The Morgan fingerprint density at radius 3 is 2.73 bits per heavy atom. The predicted octanol–water partition coefficient (Wildman–Crippen LogP) is 3.62. The molecule has 0 radical (unpaired) electrons. The summed E-state index contributed by atoms with van der Waals surface area (Å²) >= 11 is 12.0. The summed E-state index contributed by atoms with van der Waals surface area (Å²) in [5, 5.41) is 0.483. The Morgan fingerprint density at radius 1 is 1.19 bits per heavy atom. The number of nitrogens with zero attached hydrogens (tertiary/aromatic N) is 2. The van der Waals surface area contributed by atoms with Gasteiger partial charge in [0.15, 0.2) is 5.89 Å². The molecule has 0 unspecified atom stereocenters. The highest BCUT2D eigenvalue weighted by atomic mass is 35.5. The van der Waals surface area contributed by atoms with Gasteiger partial charge in [-0.15, -0.1) is 0 Å². The summed E-state index contributed by atoms with van der Waals surface area (Å²) in [6.45, 7) is 1.89. The van der Waals surface area contributed by atoms with Crippen molar-refractivity contribution in [3.63, 3.8) is 0 Å². The number of rotatable bonds is 3. The lowest BCUT2D eigenvalue weighted by Gasteiger charge is -2.25. The van der Waals surface area contributed by atoms with Crippen LogP contribution in [0.2, 0.25) is 10.0 Å². The van der Waals surface area contributed by atoms with Gasteiger partial charge in [-0.25, -0.2) is 13.4 Å². The maximum Gasteiger partial charge on any atom is 0.244 e. The molecule has 0 N–H and O–H groups in total. The number of aromatic nitrogens is 1. The molecule has 9 heteroatoms. The van der Waals surface area contributed by atoms with Crippen LogP contribution in [0.5, 0.6) is 0 Å². The first kappa shape index (κ1) is 18.3. The van der Waals surface area contributed by atoms with Gasteiger partial charge in [0.1, 0.15) is 10.7 Å². The van der Waals surface area contributed by atoms with Crippen molar-refractivity contribution >= 4 is 33.2 Å². The van der Waals surface area contributed by atoms with Gasteiger partial charge in [-0.05, 0) is 31.0 Å². The molecule has 0 saturated carbocycles. The first-order valence-corrected chi connectivity index (χ1v) is 10.7. The summed E-state index contributed by atoms with van der Waals surface area (Å²) in [7, 11) is -3.76. The summed E-state index contributed by atoms with van der Waals surface area (Å²) in [5.41, 5.74) is 0.680. The van der Waals surface area contributed by atoms with Crippen molar-refractivity contribution in [2.75, 3.05) is 19.8 Å². The summed E-state index contributed by atoms with van der Waals surface area (Å²) in [5.74, 6) is 1.70. The summed E-state index contributed by atoms with van der Waals surface area (Å²) in [4.78, 5) is 4.60. The van der Waals surface area contributed by atoms with E-state index in [4.69, 9.17) is 32.4 Å². The van der Waals surface area contributed by atoms with Gasteiger partial charge in [0, 0.05) is 37.1 Å². The second-order valence-corrected chi connectivity index (χ2v) is 9.22. The van der Waals surface area contributed by atoms with Crippen LogP contribution in [0.3, 0.4) is 0 Å². The van der Waals surface area contributed by atoms with E-state index in [1.165, 1.54) is 16.4 Å². The van der Waals surface area contributed by atoms with E-state index in [0.717, 1.165) is 18.6 Å². The Kier molecular flexibility index (Phi) is 5.00. The standard InChI is InChI=1S/C17H18Cl2N2O4S/c18-12-1-2-13(19)16(9-12)26(22,23)21-6-3-15-14(10-21)20-17(25-15)11-4-7-24-8-5-11/h1-2,9,11H,3-8,10H2. The maximum atomic E-state index is 13.0. The topological polar surface area (TPSA) is 72.6 Å². The quantitative estimate of drug-likeness (QED) is 0.763. The molecular formula is C17H18Cl2N2O4S. The van der Waals surface area contributed by atoms with Crippen molar-refractivity contribution in [2.24, 2.45) is 0 Å². The highest BCUT2D eigenvalue weighted by Gasteiger charge is 2.34. The second kappa shape index (κ2) is 7.13. The zero-order chi connectivity index (χ0) is 18.3. The molecule has 1 aromatic carbocycles. The van der Waals surface area contributed by atoms with Crippen LogP contribution < -0.4 is 0 Å². The predicted molar refractivity (Wildman–Crippen MR) is 97.1 cm³/mol. The van der Waals surface area contributed by atoms with Crippen LogP contribution in [0.15, 0.2) is 27.5 Å². The largest absolute Gasteiger partial charge is 0.445 e. The Bertz CT molecular complexity index is 923. The molecule has 2 aromatic rings. The summed E-state index contributed by atoms with van der Waals surface area (Å²) < 4.78 is 38.6. The molecule has 1 saturated heterocycles. The fraction of sp³-hybridized carbons (Fsp3) is 0.471. The third-order valence-electron chi connectivity index (χ3n) is 4.79. The number of sulfonamides is 1. The lowest BCUT2D eigenvalue weighted by molar-refractivity contribution is 0.0791. The normalized spacial score (nSPS) is 19.5. The molecule has 2 aliphatic heterocycles. The Hall–Kier alpha value is -1.12. The van der Waals surface area contributed by atoms with Crippen molar-refractivity contribution in [1.29, 1.82) is 0 Å². The van der Waals surface area contributed by atoms with Gasteiger partial charge >= 0.3 is 0 Å². The third-order valence-corrected chi connectivity index (χ3v) is 7.35. The number of benzene rings is 1. The van der Waals surface area contributed by atoms with E-state index in [1.54, 1.807) is 6.07 Å². The van der Waals surface area contributed by atoms with E-state index in [1.807, 2.05) is 0 Å². The van der Waals surface area contributed by atoms with Crippen molar-refractivity contribution in [2.45, 2.75) is 36.6 Å². The average Bonchev–Trinajstić information content (AvgIpc) is 3.07. The number of halogens is 2. The van der Waals surface area contributed by atoms with E-state index in [2.05, 4.69) is 4.98 Å². The Morgan fingerprint density at radius 2 is 1.96 bits per heavy atom. The fourth-order valence-electron chi connectivity index (χ4n) is 3.33. The number of hydrogen-bond donors (Lipinski definition) is 0. The lowest BCUT2D eigenvalue weighted by atomic mass is 10.0. The van der Waals surface area contributed by atoms with E-state index >= 15 is 0 Å². The van der Waals surface area contributed by atoms with Crippen LogP contribution in [0.1, 0.15) is 36.1 Å². The minimum Gasteiger partial charge on any atom is -0.445 e. The van der Waals surface area contributed by atoms with Crippen LogP contribution in [-0.2, 0) is 27.7 Å². The fourth-order valence-corrected chi connectivity index (χ4v) is 5.47. The van der Waals surface area contributed by atoms with Crippen molar-refractivity contribution in [3.05, 3.63) is 45.6 Å². The van der Waals surface area contributed by atoms with E-state index < -0.39 is 10.0 Å². The molecule has 26 heavy (non-hydrogen) atoms. The number of hydrogen-bond acceptors (Lipinski definition) is 5. The van der Waals surface area contributed by atoms with Gasteiger partial charge in [0.05, 0.1) is 17.3 Å². The molecule has 6 nitrogen and oxygen atoms in total. The average molecular weight is 417 g/mol. The molecule has 0 aliphatic carbocycles. The molecule has 0 amide bonds. The SMILES string of the molecule is O=S(=O)(c1cc(Cl)ccc1Cl)N1CCc2oc(C3CCOCC3)nc2C1. The van der Waals surface area contributed by atoms with Gasteiger partial charge in [-0.2, -0.15) is 4.31 Å². The summed E-state index contributed by atoms with van der Waals surface area (Å²) in [6, 6.07) is 4.44. The Labute approximate surface area is 162 Å². The Balaban J connectivity index is 1.60. The zero-order valence-electron chi connectivity index (χ0n) is 14.0. The highest BCUT2D eigenvalue weighted by Crippen LogP contribution is 2.33. The second-order valence-electron chi connectivity index (χ2n) is 6.47. The molecule has 0 atom stereocenters. The monoisotopic (exact) mass is 416 g/mol. The molecule has 1 aromatic heterocycles. The number of fused-ring (bicyclic) bond motifs is 1. The number of ether oxygens (including phenoxy) is 1.